The predicted molar refractivity (Wildman–Crippen MR) is 111 cm³/mol. The zero-order valence-electron chi connectivity index (χ0n) is 17.3. The van der Waals surface area contributed by atoms with Crippen LogP contribution < -0.4 is 16.0 Å². The highest BCUT2D eigenvalue weighted by Gasteiger charge is 2.40. The minimum absolute atomic E-state index is 0.111. The molecule has 1 atom stereocenters. The van der Waals surface area contributed by atoms with Gasteiger partial charge in [-0.25, -0.2) is 0 Å². The molecule has 7 heteroatoms. The van der Waals surface area contributed by atoms with E-state index in [1.54, 1.807) is 4.90 Å². The number of rotatable bonds is 5. The Morgan fingerprint density at radius 1 is 1.10 bits per heavy atom. The monoisotopic (exact) mass is 410 g/mol. The van der Waals surface area contributed by atoms with E-state index in [9.17, 15) is 14.4 Å². The van der Waals surface area contributed by atoms with Crippen molar-refractivity contribution >= 4 is 17.7 Å². The molecule has 3 amide bonds. The van der Waals surface area contributed by atoms with Crippen LogP contribution in [0.4, 0.5) is 0 Å². The molecule has 1 aliphatic carbocycles. The van der Waals surface area contributed by atoms with E-state index >= 15 is 0 Å². The Balaban J connectivity index is 1.15. The first kappa shape index (κ1) is 19.7. The van der Waals surface area contributed by atoms with Crippen molar-refractivity contribution in [1.29, 1.82) is 0 Å². The van der Waals surface area contributed by atoms with Crippen molar-refractivity contribution in [2.75, 3.05) is 19.6 Å². The number of carbonyl (C=O) groups excluding carboxylic acids is 3. The Labute approximate surface area is 177 Å². The summed E-state index contributed by atoms with van der Waals surface area (Å²) in [6.45, 7) is 4.69. The Hall–Kier alpha value is -2.25. The largest absolute Gasteiger partial charge is 0.322 e. The van der Waals surface area contributed by atoms with Crippen LogP contribution in [-0.2, 0) is 22.7 Å². The fourth-order valence-corrected chi connectivity index (χ4v) is 5.48. The number of benzene rings is 1. The van der Waals surface area contributed by atoms with Gasteiger partial charge in [-0.3, -0.25) is 19.7 Å². The summed E-state index contributed by atoms with van der Waals surface area (Å²) in [5.74, 6) is 0.0309. The zero-order chi connectivity index (χ0) is 20.7. The molecule has 1 aromatic rings. The highest BCUT2D eigenvalue weighted by atomic mass is 16.2. The Bertz CT molecular complexity index is 869. The second-order valence-electron chi connectivity index (χ2n) is 9.57. The number of hydrogen-bond acceptors (Lipinski definition) is 5. The topological polar surface area (TPSA) is 90.5 Å². The molecule has 3 fully saturated rings. The number of imide groups is 1. The number of nitrogens with zero attached hydrogens (tertiary/aromatic N) is 1. The van der Waals surface area contributed by atoms with Crippen molar-refractivity contribution in [3.05, 3.63) is 34.9 Å². The normalized spacial score (nSPS) is 25.9. The summed E-state index contributed by atoms with van der Waals surface area (Å²) in [7, 11) is 0. The smallest absolute Gasteiger partial charge is 0.255 e. The van der Waals surface area contributed by atoms with E-state index in [4.69, 9.17) is 0 Å². The third-order valence-electron chi connectivity index (χ3n) is 7.52. The van der Waals surface area contributed by atoms with Crippen molar-refractivity contribution in [1.82, 2.24) is 20.9 Å². The molecule has 4 aliphatic rings. The van der Waals surface area contributed by atoms with Gasteiger partial charge < -0.3 is 15.5 Å². The fourth-order valence-electron chi connectivity index (χ4n) is 5.48. The van der Waals surface area contributed by atoms with E-state index in [1.807, 2.05) is 12.1 Å². The number of hydrogen-bond donors (Lipinski definition) is 3. The van der Waals surface area contributed by atoms with Gasteiger partial charge in [0.05, 0.1) is 0 Å². The molecule has 30 heavy (non-hydrogen) atoms. The molecule has 3 aliphatic heterocycles. The first-order valence-electron chi connectivity index (χ1n) is 11.2. The standard InChI is InChI=1S/C23H30N4O3/c28-20-4-3-19(21(29)26-20)27-12-17-9-16(1-2-18(17)22(27)30)11-24-10-15-5-7-23(8-6-15)13-25-14-23/h1-2,9,15,19,24-25H,3-8,10-14H2,(H,26,28,29). The summed E-state index contributed by atoms with van der Waals surface area (Å²) in [5.41, 5.74) is 3.43. The number of nitrogens with one attached hydrogen (secondary N) is 3. The van der Waals surface area contributed by atoms with Gasteiger partial charge >= 0.3 is 0 Å². The van der Waals surface area contributed by atoms with Gasteiger partial charge in [-0.05, 0) is 67.2 Å². The molecule has 0 radical (unpaired) electrons. The zero-order valence-corrected chi connectivity index (χ0v) is 17.3. The summed E-state index contributed by atoms with van der Waals surface area (Å²) in [4.78, 5) is 38.0. The molecule has 5 rings (SSSR count). The van der Waals surface area contributed by atoms with Crippen LogP contribution in [0.25, 0.3) is 0 Å². The van der Waals surface area contributed by atoms with Gasteiger partial charge in [0.2, 0.25) is 11.8 Å². The van der Waals surface area contributed by atoms with Crippen molar-refractivity contribution < 1.29 is 14.4 Å². The summed E-state index contributed by atoms with van der Waals surface area (Å²) in [6, 6.07) is 5.43. The lowest BCUT2D eigenvalue weighted by molar-refractivity contribution is -0.136. The maximum Gasteiger partial charge on any atom is 0.255 e. The highest BCUT2D eigenvalue weighted by Crippen LogP contribution is 2.41. The molecule has 1 spiro atoms. The van der Waals surface area contributed by atoms with Crippen LogP contribution in [0.15, 0.2) is 18.2 Å². The van der Waals surface area contributed by atoms with Crippen LogP contribution in [0.3, 0.4) is 0 Å². The number of amides is 3. The molecule has 3 N–H and O–H groups in total. The number of carbonyl (C=O) groups is 3. The van der Waals surface area contributed by atoms with Crippen LogP contribution >= 0.6 is 0 Å². The second-order valence-corrected chi connectivity index (χ2v) is 9.57. The van der Waals surface area contributed by atoms with Gasteiger partial charge in [0.1, 0.15) is 6.04 Å². The van der Waals surface area contributed by atoms with E-state index in [2.05, 4.69) is 22.0 Å². The molecular weight excluding hydrogens is 380 g/mol. The van der Waals surface area contributed by atoms with Crippen molar-refractivity contribution in [3.8, 4) is 0 Å². The summed E-state index contributed by atoms with van der Waals surface area (Å²) < 4.78 is 0. The summed E-state index contributed by atoms with van der Waals surface area (Å²) in [5, 5.41) is 9.38. The van der Waals surface area contributed by atoms with Gasteiger partial charge in [-0.2, -0.15) is 0 Å². The fraction of sp³-hybridized carbons (Fsp3) is 0.609. The van der Waals surface area contributed by atoms with Crippen LogP contribution in [0.5, 0.6) is 0 Å². The second kappa shape index (κ2) is 7.78. The Kier molecular flexibility index (Phi) is 5.11. The molecule has 0 bridgehead atoms. The lowest BCUT2D eigenvalue weighted by Gasteiger charge is -2.47. The summed E-state index contributed by atoms with van der Waals surface area (Å²) in [6.07, 6.45) is 6.01. The molecule has 0 aromatic heterocycles. The molecule has 160 valence electrons. The Morgan fingerprint density at radius 2 is 1.90 bits per heavy atom. The van der Waals surface area contributed by atoms with E-state index in [0.29, 0.717) is 23.9 Å². The average Bonchev–Trinajstić information content (AvgIpc) is 3.03. The molecule has 1 saturated carbocycles. The van der Waals surface area contributed by atoms with Crippen molar-refractivity contribution in [3.63, 3.8) is 0 Å². The first-order valence-corrected chi connectivity index (χ1v) is 11.2. The maximum absolute atomic E-state index is 12.8. The van der Waals surface area contributed by atoms with Gasteiger partial charge in [0, 0.05) is 38.2 Å². The molecular formula is C23H30N4O3. The predicted octanol–water partition coefficient (Wildman–Crippen LogP) is 1.32. The van der Waals surface area contributed by atoms with E-state index < -0.39 is 6.04 Å². The van der Waals surface area contributed by atoms with Gasteiger partial charge in [-0.1, -0.05) is 12.1 Å². The highest BCUT2D eigenvalue weighted by molar-refractivity contribution is 6.05. The molecule has 3 heterocycles. The maximum atomic E-state index is 12.8. The average molecular weight is 411 g/mol. The number of piperidine rings is 1. The van der Waals surface area contributed by atoms with Gasteiger partial charge in [0.15, 0.2) is 0 Å². The lowest BCUT2D eigenvalue weighted by Crippen LogP contribution is -2.55. The molecule has 1 unspecified atom stereocenters. The van der Waals surface area contributed by atoms with Crippen LogP contribution in [0.2, 0.25) is 0 Å². The first-order chi connectivity index (χ1) is 14.5. The molecule has 1 aromatic carbocycles. The third kappa shape index (κ3) is 3.65. The van der Waals surface area contributed by atoms with Crippen molar-refractivity contribution in [2.45, 2.75) is 57.7 Å². The molecule has 2 saturated heterocycles. The Morgan fingerprint density at radius 3 is 2.60 bits per heavy atom. The molecule has 7 nitrogen and oxygen atoms in total. The van der Waals surface area contributed by atoms with E-state index in [1.165, 1.54) is 44.3 Å². The van der Waals surface area contributed by atoms with Crippen molar-refractivity contribution in [2.24, 2.45) is 11.3 Å². The van der Waals surface area contributed by atoms with E-state index in [-0.39, 0.29) is 24.1 Å². The quantitative estimate of drug-likeness (QED) is 0.637. The SMILES string of the molecule is O=C1CCC(N2Cc3cc(CNCC4CCC5(CC4)CNC5)ccc3C2=O)C(=O)N1. The number of fused-ring (bicyclic) bond motifs is 1. The van der Waals surface area contributed by atoms with Crippen LogP contribution in [0.1, 0.15) is 60.0 Å². The minimum atomic E-state index is -0.551. The van der Waals surface area contributed by atoms with Gasteiger partial charge in [0.25, 0.3) is 5.91 Å². The van der Waals surface area contributed by atoms with E-state index in [0.717, 1.165) is 24.6 Å². The minimum Gasteiger partial charge on any atom is -0.322 e. The summed E-state index contributed by atoms with van der Waals surface area (Å²) >= 11 is 0. The van der Waals surface area contributed by atoms with Gasteiger partial charge in [-0.15, -0.1) is 0 Å². The van der Waals surface area contributed by atoms with Crippen LogP contribution in [-0.4, -0.2) is 48.3 Å². The van der Waals surface area contributed by atoms with Crippen LogP contribution in [0, 0.1) is 11.3 Å². The third-order valence-corrected chi connectivity index (χ3v) is 7.52. The lowest BCUT2D eigenvalue weighted by atomic mass is 9.67.